The van der Waals surface area contributed by atoms with Gasteiger partial charge in [-0.15, -0.1) is 0 Å². The van der Waals surface area contributed by atoms with E-state index in [0.29, 0.717) is 5.92 Å². The summed E-state index contributed by atoms with van der Waals surface area (Å²) in [5.74, 6) is -0.423. The van der Waals surface area contributed by atoms with Gasteiger partial charge in [-0.3, -0.25) is 9.78 Å². The Labute approximate surface area is 169 Å². The smallest absolute Gasteiger partial charge is 0.227 e. The lowest BCUT2D eigenvalue weighted by molar-refractivity contribution is -0.121. The highest BCUT2D eigenvalue weighted by atomic mass is 19.1. The Morgan fingerprint density at radius 2 is 1.83 bits per heavy atom. The topological polar surface area (TPSA) is 42.0 Å². The first-order valence-electron chi connectivity index (χ1n) is 10.1. The molecule has 1 amide bonds. The molecule has 0 unspecified atom stereocenters. The molecule has 2 aromatic carbocycles. The summed E-state index contributed by atoms with van der Waals surface area (Å²) >= 11 is 0. The maximum atomic E-state index is 13.8. The van der Waals surface area contributed by atoms with Crippen LogP contribution in [0.5, 0.6) is 0 Å². The molecule has 1 heterocycles. The fraction of sp³-hybridized carbons (Fsp3) is 0.333. The number of nitrogens with zero attached hydrogens (tertiary/aromatic N) is 1. The average Bonchev–Trinajstić information content (AvgIpc) is 2.74. The summed E-state index contributed by atoms with van der Waals surface area (Å²) < 4.78 is 27.6. The quantitative estimate of drug-likeness (QED) is 0.584. The number of amides is 1. The summed E-state index contributed by atoms with van der Waals surface area (Å²) in [5, 5.41) is 3.59. The molecule has 0 spiro atoms. The van der Waals surface area contributed by atoms with E-state index >= 15 is 0 Å². The van der Waals surface area contributed by atoms with Crippen LogP contribution in [0.15, 0.2) is 54.7 Å². The lowest BCUT2D eigenvalue weighted by Crippen LogP contribution is -2.30. The highest BCUT2D eigenvalue weighted by Crippen LogP contribution is 2.41. The van der Waals surface area contributed by atoms with Crippen molar-refractivity contribution in [3.63, 3.8) is 0 Å². The van der Waals surface area contributed by atoms with Crippen LogP contribution in [0.4, 0.5) is 14.5 Å². The Morgan fingerprint density at radius 1 is 1.07 bits per heavy atom. The number of carbonyl (C=O) groups excluding carboxylic acids is 1. The van der Waals surface area contributed by atoms with E-state index in [2.05, 4.69) is 10.3 Å². The minimum absolute atomic E-state index is 0.144. The van der Waals surface area contributed by atoms with Crippen molar-refractivity contribution in [2.75, 3.05) is 5.32 Å². The number of pyridine rings is 1. The lowest BCUT2D eigenvalue weighted by atomic mass is 9.73. The number of benzene rings is 2. The molecular weight excluding hydrogens is 370 g/mol. The van der Waals surface area contributed by atoms with Gasteiger partial charge < -0.3 is 5.32 Å². The Bertz CT molecular complexity index is 1030. The van der Waals surface area contributed by atoms with E-state index in [0.717, 1.165) is 42.1 Å². The molecule has 3 nitrogen and oxygen atoms in total. The zero-order valence-corrected chi connectivity index (χ0v) is 16.4. The zero-order valence-electron chi connectivity index (χ0n) is 16.4. The highest BCUT2D eigenvalue weighted by Gasteiger charge is 2.30. The third-order valence-corrected chi connectivity index (χ3v) is 6.20. The van der Waals surface area contributed by atoms with Crippen molar-refractivity contribution in [1.29, 1.82) is 0 Å². The van der Waals surface area contributed by atoms with E-state index in [9.17, 15) is 13.6 Å². The summed E-state index contributed by atoms with van der Waals surface area (Å²) in [6.07, 6.45) is 5.49. The van der Waals surface area contributed by atoms with Crippen molar-refractivity contribution in [3.05, 3.63) is 71.9 Å². The molecule has 1 atom stereocenters. The molecule has 1 aromatic heterocycles. The molecular formula is C24H24F2N2O. The van der Waals surface area contributed by atoms with Gasteiger partial charge in [0.1, 0.15) is 11.6 Å². The Balaban J connectivity index is 1.42. The molecule has 0 aliphatic heterocycles. The highest BCUT2D eigenvalue weighted by molar-refractivity contribution is 5.92. The largest absolute Gasteiger partial charge is 0.323 e. The summed E-state index contributed by atoms with van der Waals surface area (Å²) in [6, 6.07) is 12.9. The molecule has 1 aliphatic carbocycles. The second-order valence-corrected chi connectivity index (χ2v) is 7.93. The fourth-order valence-corrected chi connectivity index (χ4v) is 4.45. The fourth-order valence-electron chi connectivity index (χ4n) is 4.45. The molecule has 1 aliphatic rings. The first-order valence-corrected chi connectivity index (χ1v) is 10.1. The van der Waals surface area contributed by atoms with Crippen molar-refractivity contribution in [2.45, 2.75) is 38.5 Å². The molecule has 1 N–H and O–H groups in total. The average molecular weight is 394 g/mol. The number of nitrogens with one attached hydrogen (secondary N) is 1. The predicted molar refractivity (Wildman–Crippen MR) is 111 cm³/mol. The van der Waals surface area contributed by atoms with Crippen LogP contribution in [0.25, 0.3) is 10.9 Å². The molecule has 150 valence electrons. The minimum atomic E-state index is -0.423. The van der Waals surface area contributed by atoms with Crippen molar-refractivity contribution < 1.29 is 13.6 Å². The van der Waals surface area contributed by atoms with Gasteiger partial charge in [-0.05, 0) is 79.5 Å². The van der Waals surface area contributed by atoms with Gasteiger partial charge >= 0.3 is 0 Å². The van der Waals surface area contributed by atoms with E-state index in [4.69, 9.17) is 0 Å². The van der Waals surface area contributed by atoms with Crippen molar-refractivity contribution in [1.82, 2.24) is 4.98 Å². The number of anilines is 1. The van der Waals surface area contributed by atoms with Gasteiger partial charge in [0.2, 0.25) is 5.91 Å². The molecule has 29 heavy (non-hydrogen) atoms. The van der Waals surface area contributed by atoms with Gasteiger partial charge in [-0.2, -0.15) is 0 Å². The monoisotopic (exact) mass is 394 g/mol. The number of carbonyl (C=O) groups is 1. The normalized spacial score (nSPS) is 20.4. The summed E-state index contributed by atoms with van der Waals surface area (Å²) in [4.78, 5) is 16.9. The number of hydrogen-bond acceptors (Lipinski definition) is 2. The van der Waals surface area contributed by atoms with E-state index < -0.39 is 5.82 Å². The second kappa shape index (κ2) is 8.27. The van der Waals surface area contributed by atoms with Crippen LogP contribution in [-0.2, 0) is 4.79 Å². The molecule has 0 saturated heterocycles. The van der Waals surface area contributed by atoms with E-state index in [-0.39, 0.29) is 29.2 Å². The van der Waals surface area contributed by atoms with Gasteiger partial charge in [0.05, 0.1) is 11.2 Å². The van der Waals surface area contributed by atoms with Crippen LogP contribution in [0.2, 0.25) is 0 Å². The number of hydrogen-bond donors (Lipinski definition) is 1. The maximum absolute atomic E-state index is 13.8. The minimum Gasteiger partial charge on any atom is -0.323 e. The number of fused-ring (bicyclic) bond motifs is 1. The van der Waals surface area contributed by atoms with Crippen LogP contribution < -0.4 is 5.32 Å². The van der Waals surface area contributed by atoms with Crippen LogP contribution in [-0.4, -0.2) is 10.9 Å². The lowest BCUT2D eigenvalue weighted by Gasteiger charge is -2.32. The van der Waals surface area contributed by atoms with Crippen LogP contribution >= 0.6 is 0 Å². The van der Waals surface area contributed by atoms with Crippen molar-refractivity contribution >= 4 is 22.5 Å². The zero-order chi connectivity index (χ0) is 20.4. The van der Waals surface area contributed by atoms with Crippen LogP contribution in [0.1, 0.15) is 44.1 Å². The van der Waals surface area contributed by atoms with Crippen molar-refractivity contribution in [3.8, 4) is 0 Å². The SMILES string of the molecule is C[C@@H](C(=O)Nc1ccccc1F)[C@H]1CC[C@@H](c2ccnc3ccc(F)cc32)CC1. The van der Waals surface area contributed by atoms with Gasteiger partial charge in [0.15, 0.2) is 0 Å². The Hall–Kier alpha value is -2.82. The van der Waals surface area contributed by atoms with Gasteiger partial charge in [-0.25, -0.2) is 8.78 Å². The number of rotatable bonds is 4. The Kier molecular flexibility index (Phi) is 5.56. The summed E-state index contributed by atoms with van der Waals surface area (Å²) in [6.45, 7) is 1.92. The van der Waals surface area contributed by atoms with E-state index in [1.807, 2.05) is 13.0 Å². The number of aromatic nitrogens is 1. The standard InChI is InChI=1S/C24H24F2N2O/c1-15(24(29)28-23-5-3-2-4-21(23)26)16-6-8-17(9-7-16)19-12-13-27-22-11-10-18(25)14-20(19)22/h2-5,10-17H,6-9H2,1H3,(H,28,29)/t15-,16-,17+/m1/s1. The maximum Gasteiger partial charge on any atom is 0.227 e. The second-order valence-electron chi connectivity index (χ2n) is 7.93. The van der Waals surface area contributed by atoms with Crippen LogP contribution in [0.3, 0.4) is 0 Å². The molecule has 0 radical (unpaired) electrons. The molecule has 3 aromatic rings. The first kappa shape index (κ1) is 19.5. The summed E-state index contributed by atoms with van der Waals surface area (Å²) in [5.41, 5.74) is 2.17. The summed E-state index contributed by atoms with van der Waals surface area (Å²) in [7, 11) is 0. The first-order chi connectivity index (χ1) is 14.0. The predicted octanol–water partition coefficient (Wildman–Crippen LogP) is 6.06. The van der Waals surface area contributed by atoms with Gasteiger partial charge in [0, 0.05) is 17.5 Å². The third kappa shape index (κ3) is 4.14. The Morgan fingerprint density at radius 3 is 2.59 bits per heavy atom. The van der Waals surface area contributed by atoms with Crippen LogP contribution in [0, 0.1) is 23.5 Å². The molecule has 5 heteroatoms. The van der Waals surface area contributed by atoms with E-state index in [1.165, 1.54) is 12.1 Å². The van der Waals surface area contributed by atoms with Gasteiger partial charge in [-0.1, -0.05) is 19.1 Å². The van der Waals surface area contributed by atoms with Gasteiger partial charge in [0.25, 0.3) is 0 Å². The van der Waals surface area contributed by atoms with E-state index in [1.54, 1.807) is 36.5 Å². The molecule has 0 bridgehead atoms. The van der Waals surface area contributed by atoms with Crippen molar-refractivity contribution in [2.24, 2.45) is 11.8 Å². The molecule has 1 saturated carbocycles. The molecule has 4 rings (SSSR count). The molecule has 1 fully saturated rings. The number of halogens is 2. The third-order valence-electron chi connectivity index (χ3n) is 6.20. The number of para-hydroxylation sites is 1.